The molecule has 1 rings (SSSR count). The number of anilines is 1. The first-order valence-corrected chi connectivity index (χ1v) is 6.62. The summed E-state index contributed by atoms with van der Waals surface area (Å²) in [5.41, 5.74) is 2.05. The lowest BCUT2D eigenvalue weighted by Crippen LogP contribution is -2.09. The molecular formula is C11H16ClN3S. The van der Waals surface area contributed by atoms with E-state index in [1.165, 1.54) is 0 Å². The summed E-state index contributed by atoms with van der Waals surface area (Å²) in [5.74, 6) is 2.82. The number of nitrogens with zero attached hydrogens (tertiary/aromatic N) is 2. The van der Waals surface area contributed by atoms with Crippen molar-refractivity contribution < 1.29 is 0 Å². The van der Waals surface area contributed by atoms with Crippen molar-refractivity contribution in [3.63, 3.8) is 0 Å². The highest BCUT2D eigenvalue weighted by atomic mass is 35.5. The summed E-state index contributed by atoms with van der Waals surface area (Å²) in [4.78, 5) is 0. The third-order valence-corrected chi connectivity index (χ3v) is 3.56. The van der Waals surface area contributed by atoms with Crippen molar-refractivity contribution >= 4 is 29.2 Å². The molecule has 0 spiro atoms. The van der Waals surface area contributed by atoms with E-state index < -0.39 is 0 Å². The maximum atomic E-state index is 5.87. The van der Waals surface area contributed by atoms with Gasteiger partial charge in [-0.05, 0) is 25.0 Å². The molecule has 0 radical (unpaired) electrons. The zero-order chi connectivity index (χ0) is 12.0. The predicted octanol–water partition coefficient (Wildman–Crippen LogP) is 3.08. The van der Waals surface area contributed by atoms with Gasteiger partial charge in [0, 0.05) is 18.1 Å². The van der Waals surface area contributed by atoms with Gasteiger partial charge in [-0.1, -0.05) is 17.7 Å². The van der Waals surface area contributed by atoms with Crippen LogP contribution in [0.15, 0.2) is 12.7 Å². The molecule has 5 heteroatoms. The largest absolute Gasteiger partial charge is 0.368 e. The molecule has 0 saturated heterocycles. The first kappa shape index (κ1) is 13.3. The zero-order valence-electron chi connectivity index (χ0n) is 9.59. The Morgan fingerprint density at radius 3 is 2.81 bits per heavy atom. The Bertz CT molecular complexity index is 368. The molecule has 1 aromatic rings. The van der Waals surface area contributed by atoms with Gasteiger partial charge in [-0.25, -0.2) is 0 Å². The Hall–Kier alpha value is -0.740. The number of halogens is 1. The molecule has 0 aliphatic rings. The van der Waals surface area contributed by atoms with Crippen LogP contribution in [0, 0.1) is 13.8 Å². The minimum absolute atomic E-state index is 0.476. The fourth-order valence-electron chi connectivity index (χ4n) is 1.15. The highest BCUT2D eigenvalue weighted by Crippen LogP contribution is 2.20. The SMILES string of the molecule is C=CCSCCNc1nnc(Cl)c(C)c1C. The molecule has 16 heavy (non-hydrogen) atoms. The van der Waals surface area contributed by atoms with Gasteiger partial charge in [0.25, 0.3) is 0 Å². The predicted molar refractivity (Wildman–Crippen MR) is 72.5 cm³/mol. The molecule has 0 saturated carbocycles. The fourth-order valence-corrected chi connectivity index (χ4v) is 1.91. The molecule has 0 unspecified atom stereocenters. The van der Waals surface area contributed by atoms with Gasteiger partial charge in [-0.3, -0.25) is 0 Å². The van der Waals surface area contributed by atoms with Gasteiger partial charge in [0.05, 0.1) is 0 Å². The van der Waals surface area contributed by atoms with E-state index in [9.17, 15) is 0 Å². The van der Waals surface area contributed by atoms with E-state index >= 15 is 0 Å². The van der Waals surface area contributed by atoms with Gasteiger partial charge in [-0.15, -0.1) is 16.8 Å². The van der Waals surface area contributed by atoms with E-state index in [2.05, 4.69) is 22.1 Å². The van der Waals surface area contributed by atoms with Crippen molar-refractivity contribution in [3.05, 3.63) is 28.9 Å². The second-order valence-corrected chi connectivity index (χ2v) is 4.89. The molecule has 0 bridgehead atoms. The molecule has 1 aromatic heterocycles. The highest BCUT2D eigenvalue weighted by Gasteiger charge is 2.06. The smallest absolute Gasteiger partial charge is 0.155 e. The third kappa shape index (κ3) is 3.68. The number of hydrogen-bond donors (Lipinski definition) is 1. The molecule has 0 aliphatic heterocycles. The lowest BCUT2D eigenvalue weighted by atomic mass is 10.2. The standard InChI is InChI=1S/C11H16ClN3S/c1-4-6-16-7-5-13-11-9(3)8(2)10(12)14-15-11/h4H,1,5-7H2,2-3H3,(H,13,15). The molecule has 1 N–H and O–H groups in total. The van der Waals surface area contributed by atoms with E-state index in [1.54, 1.807) is 0 Å². The average Bonchev–Trinajstić information content (AvgIpc) is 2.28. The monoisotopic (exact) mass is 257 g/mol. The molecule has 3 nitrogen and oxygen atoms in total. The molecule has 88 valence electrons. The van der Waals surface area contributed by atoms with Crippen LogP contribution in [0.5, 0.6) is 0 Å². The molecule has 0 aliphatic carbocycles. The Balaban J connectivity index is 2.48. The summed E-state index contributed by atoms with van der Waals surface area (Å²) in [6.45, 7) is 8.49. The van der Waals surface area contributed by atoms with Crippen molar-refractivity contribution in [2.75, 3.05) is 23.4 Å². The maximum Gasteiger partial charge on any atom is 0.155 e. The van der Waals surface area contributed by atoms with Crippen molar-refractivity contribution in [2.24, 2.45) is 0 Å². The fraction of sp³-hybridized carbons (Fsp3) is 0.455. The number of rotatable bonds is 6. The van der Waals surface area contributed by atoms with Crippen molar-refractivity contribution in [1.82, 2.24) is 10.2 Å². The van der Waals surface area contributed by atoms with Crippen LogP contribution in [0.3, 0.4) is 0 Å². The van der Waals surface area contributed by atoms with Gasteiger partial charge < -0.3 is 5.32 Å². The first-order valence-electron chi connectivity index (χ1n) is 5.08. The van der Waals surface area contributed by atoms with Crippen molar-refractivity contribution in [3.8, 4) is 0 Å². The van der Waals surface area contributed by atoms with Gasteiger partial charge in [0.2, 0.25) is 0 Å². The van der Waals surface area contributed by atoms with Crippen LogP contribution in [-0.2, 0) is 0 Å². The number of nitrogens with one attached hydrogen (secondary N) is 1. The number of aromatic nitrogens is 2. The van der Waals surface area contributed by atoms with E-state index in [0.29, 0.717) is 5.15 Å². The summed E-state index contributed by atoms with van der Waals surface area (Å²) in [7, 11) is 0. The van der Waals surface area contributed by atoms with Crippen LogP contribution in [-0.4, -0.2) is 28.2 Å². The van der Waals surface area contributed by atoms with Crippen LogP contribution >= 0.6 is 23.4 Å². The van der Waals surface area contributed by atoms with Gasteiger partial charge in [0.15, 0.2) is 11.0 Å². The summed E-state index contributed by atoms with van der Waals surface area (Å²) in [6, 6.07) is 0. The normalized spacial score (nSPS) is 10.2. The maximum absolute atomic E-state index is 5.87. The molecule has 0 fully saturated rings. The van der Waals surface area contributed by atoms with Crippen molar-refractivity contribution in [1.29, 1.82) is 0 Å². The second kappa shape index (κ2) is 6.76. The van der Waals surface area contributed by atoms with Gasteiger partial charge in [-0.2, -0.15) is 11.8 Å². The molecule has 0 amide bonds. The summed E-state index contributed by atoms with van der Waals surface area (Å²) >= 11 is 7.70. The van der Waals surface area contributed by atoms with Gasteiger partial charge >= 0.3 is 0 Å². The minimum Gasteiger partial charge on any atom is -0.368 e. The van der Waals surface area contributed by atoms with Crippen LogP contribution in [0.4, 0.5) is 5.82 Å². The Morgan fingerprint density at radius 2 is 2.12 bits per heavy atom. The topological polar surface area (TPSA) is 37.8 Å². The molecule has 0 atom stereocenters. The first-order chi connectivity index (χ1) is 7.66. The quantitative estimate of drug-likeness (QED) is 0.628. The third-order valence-electron chi connectivity index (χ3n) is 2.24. The molecule has 1 heterocycles. The lowest BCUT2D eigenvalue weighted by molar-refractivity contribution is 0.982. The number of hydrogen-bond acceptors (Lipinski definition) is 4. The van der Waals surface area contributed by atoms with Crippen LogP contribution < -0.4 is 5.32 Å². The van der Waals surface area contributed by atoms with Crippen LogP contribution in [0.2, 0.25) is 5.15 Å². The van der Waals surface area contributed by atoms with Crippen LogP contribution in [0.25, 0.3) is 0 Å². The Labute approximate surface area is 106 Å². The lowest BCUT2D eigenvalue weighted by Gasteiger charge is -2.09. The van der Waals surface area contributed by atoms with E-state index in [-0.39, 0.29) is 0 Å². The van der Waals surface area contributed by atoms with Crippen molar-refractivity contribution in [2.45, 2.75) is 13.8 Å². The summed E-state index contributed by atoms with van der Waals surface area (Å²) in [5, 5.41) is 11.6. The van der Waals surface area contributed by atoms with E-state index in [1.807, 2.05) is 31.7 Å². The Kier molecular flexibility index (Phi) is 5.63. The van der Waals surface area contributed by atoms with Crippen LogP contribution in [0.1, 0.15) is 11.1 Å². The summed E-state index contributed by atoms with van der Waals surface area (Å²) in [6.07, 6.45) is 1.90. The average molecular weight is 258 g/mol. The Morgan fingerprint density at radius 1 is 1.38 bits per heavy atom. The van der Waals surface area contributed by atoms with E-state index in [4.69, 9.17) is 11.6 Å². The zero-order valence-corrected chi connectivity index (χ0v) is 11.2. The highest BCUT2D eigenvalue weighted by molar-refractivity contribution is 7.99. The summed E-state index contributed by atoms with van der Waals surface area (Å²) < 4.78 is 0. The van der Waals surface area contributed by atoms with Gasteiger partial charge in [0.1, 0.15) is 0 Å². The van der Waals surface area contributed by atoms with E-state index in [0.717, 1.165) is 35.0 Å². The number of thioether (sulfide) groups is 1. The second-order valence-electron chi connectivity index (χ2n) is 3.38. The minimum atomic E-state index is 0.476. The molecular weight excluding hydrogens is 242 g/mol. The molecule has 0 aromatic carbocycles.